The molecule has 3 heteroatoms. The highest BCUT2D eigenvalue weighted by atomic mass is 79.9. The van der Waals surface area contributed by atoms with Gasteiger partial charge in [0, 0.05) is 6.20 Å². The second-order valence-electron chi connectivity index (χ2n) is 4.52. The summed E-state index contributed by atoms with van der Waals surface area (Å²) in [7, 11) is 0. The fourth-order valence-electron chi connectivity index (χ4n) is 1.99. The van der Waals surface area contributed by atoms with Crippen molar-refractivity contribution in [3.63, 3.8) is 0 Å². The predicted octanol–water partition coefficient (Wildman–Crippen LogP) is 4.61. The van der Waals surface area contributed by atoms with E-state index in [1.165, 1.54) is 16.7 Å². The SMILES string of the molecule is Cc1ccc(-c2ccc(-n3cc(Br)cn3)cc2)cc1. The quantitative estimate of drug-likeness (QED) is 0.675. The Balaban J connectivity index is 1.92. The van der Waals surface area contributed by atoms with Crippen LogP contribution in [0.3, 0.4) is 0 Å². The number of hydrogen-bond donors (Lipinski definition) is 0. The first-order valence-corrected chi connectivity index (χ1v) is 6.89. The lowest BCUT2D eigenvalue weighted by molar-refractivity contribution is 0.880. The van der Waals surface area contributed by atoms with Gasteiger partial charge in [-0.2, -0.15) is 5.10 Å². The third-order valence-corrected chi connectivity index (χ3v) is 3.48. The number of aryl methyl sites for hydroxylation is 1. The van der Waals surface area contributed by atoms with Gasteiger partial charge in [-0.3, -0.25) is 0 Å². The highest BCUT2D eigenvalue weighted by Gasteiger charge is 2.01. The molecule has 0 saturated heterocycles. The van der Waals surface area contributed by atoms with Gasteiger partial charge >= 0.3 is 0 Å². The monoisotopic (exact) mass is 312 g/mol. The molecule has 2 aromatic carbocycles. The number of halogens is 1. The van der Waals surface area contributed by atoms with E-state index in [0.717, 1.165) is 10.2 Å². The first kappa shape index (κ1) is 12.2. The Morgan fingerprint density at radius 3 is 2.00 bits per heavy atom. The topological polar surface area (TPSA) is 17.8 Å². The van der Waals surface area contributed by atoms with Gasteiger partial charge in [0.2, 0.25) is 0 Å². The van der Waals surface area contributed by atoms with Crippen LogP contribution in [-0.2, 0) is 0 Å². The van der Waals surface area contributed by atoms with Crippen molar-refractivity contribution in [2.45, 2.75) is 6.92 Å². The molecule has 94 valence electrons. The molecule has 0 radical (unpaired) electrons. The van der Waals surface area contributed by atoms with Crippen LogP contribution in [0.5, 0.6) is 0 Å². The molecule has 3 aromatic rings. The third kappa shape index (κ3) is 2.61. The largest absolute Gasteiger partial charge is 0.240 e. The van der Waals surface area contributed by atoms with Gasteiger partial charge in [0.25, 0.3) is 0 Å². The molecule has 0 unspecified atom stereocenters. The third-order valence-electron chi connectivity index (χ3n) is 3.07. The van der Waals surface area contributed by atoms with Crippen molar-refractivity contribution in [3.8, 4) is 16.8 Å². The Morgan fingerprint density at radius 1 is 0.895 bits per heavy atom. The molecule has 0 bridgehead atoms. The molecule has 0 fully saturated rings. The molecule has 19 heavy (non-hydrogen) atoms. The number of benzene rings is 2. The van der Waals surface area contributed by atoms with E-state index >= 15 is 0 Å². The average Bonchev–Trinajstić information content (AvgIpc) is 2.87. The molecule has 1 heterocycles. The van der Waals surface area contributed by atoms with Gasteiger partial charge in [-0.1, -0.05) is 42.0 Å². The number of hydrogen-bond acceptors (Lipinski definition) is 1. The van der Waals surface area contributed by atoms with Crippen LogP contribution in [0.15, 0.2) is 65.4 Å². The standard InChI is InChI=1S/C16H13BrN2/c1-12-2-4-13(5-3-12)14-6-8-16(9-7-14)19-11-15(17)10-18-19/h2-11H,1H3. The second-order valence-corrected chi connectivity index (χ2v) is 5.43. The maximum atomic E-state index is 4.27. The van der Waals surface area contributed by atoms with Crippen LogP contribution >= 0.6 is 15.9 Å². The maximum absolute atomic E-state index is 4.27. The van der Waals surface area contributed by atoms with Crippen LogP contribution in [0.2, 0.25) is 0 Å². The number of rotatable bonds is 2. The van der Waals surface area contributed by atoms with E-state index in [1.54, 1.807) is 6.20 Å². The van der Waals surface area contributed by atoms with Crippen molar-refractivity contribution in [1.82, 2.24) is 9.78 Å². The fraction of sp³-hybridized carbons (Fsp3) is 0.0625. The summed E-state index contributed by atoms with van der Waals surface area (Å²) in [6, 6.07) is 17.0. The van der Waals surface area contributed by atoms with Crippen LogP contribution in [0.25, 0.3) is 16.8 Å². The van der Waals surface area contributed by atoms with E-state index < -0.39 is 0 Å². The van der Waals surface area contributed by atoms with Gasteiger partial charge in [0.15, 0.2) is 0 Å². The molecule has 0 N–H and O–H groups in total. The normalized spacial score (nSPS) is 10.6. The first-order valence-electron chi connectivity index (χ1n) is 6.10. The second kappa shape index (κ2) is 5.02. The van der Waals surface area contributed by atoms with E-state index in [4.69, 9.17) is 0 Å². The Hall–Kier alpha value is -1.87. The summed E-state index contributed by atoms with van der Waals surface area (Å²) in [6.07, 6.45) is 3.73. The molecule has 0 amide bonds. The Morgan fingerprint density at radius 2 is 1.47 bits per heavy atom. The molecular weight excluding hydrogens is 300 g/mol. The minimum absolute atomic E-state index is 0.982. The Kier molecular flexibility index (Phi) is 3.22. The molecule has 0 spiro atoms. The van der Waals surface area contributed by atoms with E-state index in [0.29, 0.717) is 0 Å². The van der Waals surface area contributed by atoms with Crippen molar-refractivity contribution in [2.24, 2.45) is 0 Å². The van der Waals surface area contributed by atoms with Crippen molar-refractivity contribution < 1.29 is 0 Å². The van der Waals surface area contributed by atoms with Gasteiger partial charge in [0.05, 0.1) is 16.4 Å². The molecule has 1 aromatic heterocycles. The predicted molar refractivity (Wildman–Crippen MR) is 81.4 cm³/mol. The zero-order chi connectivity index (χ0) is 13.2. The lowest BCUT2D eigenvalue weighted by Crippen LogP contribution is -1.93. The van der Waals surface area contributed by atoms with Gasteiger partial charge in [-0.15, -0.1) is 0 Å². The zero-order valence-electron chi connectivity index (χ0n) is 10.5. The minimum atomic E-state index is 0.982. The zero-order valence-corrected chi connectivity index (χ0v) is 12.1. The smallest absolute Gasteiger partial charge is 0.0646 e. The van der Waals surface area contributed by atoms with Crippen LogP contribution in [-0.4, -0.2) is 9.78 Å². The van der Waals surface area contributed by atoms with Gasteiger partial charge in [-0.05, 0) is 46.1 Å². The average molecular weight is 313 g/mol. The Labute approximate surface area is 120 Å². The van der Waals surface area contributed by atoms with Gasteiger partial charge in [0.1, 0.15) is 0 Å². The summed E-state index contributed by atoms with van der Waals surface area (Å²) in [5.41, 5.74) is 4.79. The summed E-state index contributed by atoms with van der Waals surface area (Å²) < 4.78 is 2.83. The fourth-order valence-corrected chi connectivity index (χ4v) is 2.28. The minimum Gasteiger partial charge on any atom is -0.240 e. The summed E-state index contributed by atoms with van der Waals surface area (Å²) in [6.45, 7) is 2.10. The molecule has 0 saturated carbocycles. The van der Waals surface area contributed by atoms with Gasteiger partial charge < -0.3 is 0 Å². The summed E-state index contributed by atoms with van der Waals surface area (Å²) in [5.74, 6) is 0. The molecule has 0 aliphatic carbocycles. The Bertz CT molecular complexity index is 682. The molecule has 0 atom stereocenters. The molecular formula is C16H13BrN2. The highest BCUT2D eigenvalue weighted by Crippen LogP contribution is 2.21. The van der Waals surface area contributed by atoms with Gasteiger partial charge in [-0.25, -0.2) is 4.68 Å². The summed E-state index contributed by atoms with van der Waals surface area (Å²) >= 11 is 3.40. The van der Waals surface area contributed by atoms with Crippen LogP contribution in [0, 0.1) is 6.92 Å². The van der Waals surface area contributed by atoms with E-state index in [2.05, 4.69) is 76.5 Å². The lowest BCUT2D eigenvalue weighted by atomic mass is 10.0. The van der Waals surface area contributed by atoms with E-state index in [1.807, 2.05) is 10.9 Å². The first-order chi connectivity index (χ1) is 9.22. The van der Waals surface area contributed by atoms with E-state index in [9.17, 15) is 0 Å². The van der Waals surface area contributed by atoms with Crippen molar-refractivity contribution in [1.29, 1.82) is 0 Å². The molecule has 2 nitrogen and oxygen atoms in total. The summed E-state index contributed by atoms with van der Waals surface area (Å²) in [5, 5.41) is 4.27. The van der Waals surface area contributed by atoms with Crippen LogP contribution < -0.4 is 0 Å². The highest BCUT2D eigenvalue weighted by molar-refractivity contribution is 9.10. The number of aromatic nitrogens is 2. The van der Waals surface area contributed by atoms with Crippen LogP contribution in [0.1, 0.15) is 5.56 Å². The van der Waals surface area contributed by atoms with Crippen molar-refractivity contribution in [2.75, 3.05) is 0 Å². The van der Waals surface area contributed by atoms with Crippen molar-refractivity contribution in [3.05, 3.63) is 71.0 Å². The lowest BCUT2D eigenvalue weighted by Gasteiger charge is -2.05. The number of nitrogens with zero attached hydrogens (tertiary/aromatic N) is 2. The molecule has 3 rings (SSSR count). The maximum Gasteiger partial charge on any atom is 0.0646 e. The van der Waals surface area contributed by atoms with Crippen LogP contribution in [0.4, 0.5) is 0 Å². The molecule has 0 aliphatic rings. The molecule has 0 aliphatic heterocycles. The van der Waals surface area contributed by atoms with E-state index in [-0.39, 0.29) is 0 Å². The van der Waals surface area contributed by atoms with Crippen molar-refractivity contribution >= 4 is 15.9 Å². The summed E-state index contributed by atoms with van der Waals surface area (Å²) in [4.78, 5) is 0.